The fraction of sp³-hybridized carbons (Fsp3) is 0.130. The van der Waals surface area contributed by atoms with Crippen molar-refractivity contribution in [3.63, 3.8) is 0 Å². The van der Waals surface area contributed by atoms with Crippen LogP contribution in [0.2, 0.25) is 5.02 Å². The molecular weight excluding hydrogens is 439 g/mol. The van der Waals surface area contributed by atoms with E-state index in [9.17, 15) is 14.0 Å². The molecule has 2 amide bonds. The highest BCUT2D eigenvalue weighted by Crippen LogP contribution is 2.27. The molecule has 0 radical (unpaired) electrons. The molecule has 0 saturated heterocycles. The van der Waals surface area contributed by atoms with Gasteiger partial charge in [0.1, 0.15) is 11.6 Å². The molecule has 0 fully saturated rings. The minimum atomic E-state index is -0.546. The van der Waals surface area contributed by atoms with Crippen LogP contribution in [0.25, 0.3) is 0 Å². The molecule has 0 aliphatic heterocycles. The van der Waals surface area contributed by atoms with Crippen LogP contribution in [0.1, 0.15) is 6.92 Å². The SMILES string of the molecule is CC(Sc1cccc(NC(=O)COc2ccccc2)c1)C(=O)Nc1ccc(F)c(Cl)c1. The summed E-state index contributed by atoms with van der Waals surface area (Å²) in [5, 5.41) is 5.00. The lowest BCUT2D eigenvalue weighted by Crippen LogP contribution is -2.22. The number of thioether (sulfide) groups is 1. The van der Waals surface area contributed by atoms with Crippen molar-refractivity contribution in [2.75, 3.05) is 17.2 Å². The van der Waals surface area contributed by atoms with Crippen LogP contribution in [0, 0.1) is 5.82 Å². The maximum absolute atomic E-state index is 13.3. The zero-order chi connectivity index (χ0) is 22.2. The Balaban J connectivity index is 1.53. The molecule has 160 valence electrons. The number of hydrogen-bond donors (Lipinski definition) is 2. The van der Waals surface area contributed by atoms with Crippen molar-refractivity contribution >= 4 is 46.6 Å². The minimum Gasteiger partial charge on any atom is -0.484 e. The highest BCUT2D eigenvalue weighted by Gasteiger charge is 2.16. The standard InChI is InChI=1S/C23H20ClFN2O3S/c1-15(23(29)27-17-10-11-21(25)20(24)13-17)31-19-9-5-6-16(12-19)26-22(28)14-30-18-7-3-2-4-8-18/h2-13,15H,14H2,1H3,(H,26,28)(H,27,29). The quantitative estimate of drug-likeness (QED) is 0.430. The molecule has 0 aromatic heterocycles. The van der Waals surface area contributed by atoms with Crippen molar-refractivity contribution in [2.24, 2.45) is 0 Å². The van der Waals surface area contributed by atoms with Gasteiger partial charge in [0.2, 0.25) is 5.91 Å². The summed E-state index contributed by atoms with van der Waals surface area (Å²) in [7, 11) is 0. The van der Waals surface area contributed by atoms with E-state index in [1.807, 2.05) is 24.3 Å². The molecule has 0 saturated carbocycles. The van der Waals surface area contributed by atoms with E-state index in [4.69, 9.17) is 16.3 Å². The van der Waals surface area contributed by atoms with Gasteiger partial charge < -0.3 is 15.4 Å². The lowest BCUT2D eigenvalue weighted by molar-refractivity contribution is -0.118. The fourth-order valence-corrected chi connectivity index (χ4v) is 3.69. The van der Waals surface area contributed by atoms with Crippen molar-refractivity contribution in [1.29, 1.82) is 0 Å². The summed E-state index contributed by atoms with van der Waals surface area (Å²) in [5.41, 5.74) is 1.02. The van der Waals surface area contributed by atoms with Crippen LogP contribution in [0.3, 0.4) is 0 Å². The van der Waals surface area contributed by atoms with E-state index in [1.54, 1.807) is 37.3 Å². The second-order valence-electron chi connectivity index (χ2n) is 6.56. The van der Waals surface area contributed by atoms with E-state index in [0.717, 1.165) is 4.90 Å². The van der Waals surface area contributed by atoms with E-state index in [-0.39, 0.29) is 23.4 Å². The number of nitrogens with one attached hydrogen (secondary N) is 2. The predicted molar refractivity (Wildman–Crippen MR) is 122 cm³/mol. The lowest BCUT2D eigenvalue weighted by atomic mass is 10.3. The third-order valence-corrected chi connectivity index (χ3v) is 5.48. The first-order chi connectivity index (χ1) is 14.9. The van der Waals surface area contributed by atoms with Gasteiger partial charge in [-0.2, -0.15) is 0 Å². The summed E-state index contributed by atoms with van der Waals surface area (Å²) in [5.74, 6) is -0.470. The molecule has 31 heavy (non-hydrogen) atoms. The van der Waals surface area contributed by atoms with E-state index in [2.05, 4.69) is 10.6 Å². The smallest absolute Gasteiger partial charge is 0.262 e. The number of halogens is 2. The predicted octanol–water partition coefficient (Wildman–Crippen LogP) is 5.62. The maximum Gasteiger partial charge on any atom is 0.262 e. The maximum atomic E-state index is 13.3. The zero-order valence-electron chi connectivity index (χ0n) is 16.6. The first kappa shape index (κ1) is 22.7. The molecule has 0 bridgehead atoms. The third kappa shape index (κ3) is 7.01. The van der Waals surface area contributed by atoms with Crippen molar-refractivity contribution in [2.45, 2.75) is 17.1 Å². The van der Waals surface area contributed by atoms with Crippen molar-refractivity contribution in [3.05, 3.63) is 83.6 Å². The lowest BCUT2D eigenvalue weighted by Gasteiger charge is -2.13. The topological polar surface area (TPSA) is 67.4 Å². The van der Waals surface area contributed by atoms with E-state index < -0.39 is 11.1 Å². The Bertz CT molecular complexity index is 1070. The molecule has 1 unspecified atom stereocenters. The Morgan fingerprint density at radius 2 is 1.74 bits per heavy atom. The van der Waals surface area contributed by atoms with Gasteiger partial charge in [0.25, 0.3) is 5.91 Å². The van der Waals surface area contributed by atoms with Gasteiger partial charge in [-0.3, -0.25) is 9.59 Å². The molecule has 0 aliphatic rings. The molecule has 0 heterocycles. The van der Waals surface area contributed by atoms with Gasteiger partial charge in [0, 0.05) is 16.3 Å². The van der Waals surface area contributed by atoms with Crippen molar-refractivity contribution in [1.82, 2.24) is 0 Å². The Kier molecular flexibility index (Phi) is 7.92. The van der Waals surface area contributed by atoms with Gasteiger partial charge >= 0.3 is 0 Å². The van der Waals surface area contributed by atoms with Crippen LogP contribution in [0.5, 0.6) is 5.75 Å². The molecule has 8 heteroatoms. The molecular formula is C23H20ClFN2O3S. The molecule has 0 spiro atoms. The van der Waals surface area contributed by atoms with Crippen LogP contribution < -0.4 is 15.4 Å². The van der Waals surface area contributed by atoms with Gasteiger partial charge in [-0.15, -0.1) is 11.8 Å². The second-order valence-corrected chi connectivity index (χ2v) is 8.38. The molecule has 1 atom stereocenters. The van der Waals surface area contributed by atoms with E-state index in [0.29, 0.717) is 17.1 Å². The molecule has 2 N–H and O–H groups in total. The second kappa shape index (κ2) is 10.8. The Morgan fingerprint density at radius 1 is 1.00 bits per heavy atom. The normalized spacial score (nSPS) is 11.5. The highest BCUT2D eigenvalue weighted by molar-refractivity contribution is 8.00. The number of hydrogen-bond acceptors (Lipinski definition) is 4. The van der Waals surface area contributed by atoms with Gasteiger partial charge in [-0.1, -0.05) is 35.9 Å². The summed E-state index contributed by atoms with van der Waals surface area (Å²) in [6.07, 6.45) is 0. The number of rotatable bonds is 8. The first-order valence-corrected chi connectivity index (χ1v) is 10.7. The Hall–Kier alpha value is -3.03. The van der Waals surface area contributed by atoms with Crippen LogP contribution in [0.15, 0.2) is 77.7 Å². The van der Waals surface area contributed by atoms with Crippen LogP contribution in [0.4, 0.5) is 15.8 Å². The van der Waals surface area contributed by atoms with Gasteiger partial charge in [0.15, 0.2) is 6.61 Å². The van der Waals surface area contributed by atoms with Crippen LogP contribution in [-0.4, -0.2) is 23.7 Å². The molecule has 5 nitrogen and oxygen atoms in total. The third-order valence-electron chi connectivity index (χ3n) is 4.10. The number of anilines is 2. The number of carbonyl (C=O) groups is 2. The molecule has 3 rings (SSSR count). The molecule has 3 aromatic carbocycles. The number of benzene rings is 3. The summed E-state index contributed by atoms with van der Waals surface area (Å²) in [6, 6.07) is 20.3. The largest absolute Gasteiger partial charge is 0.484 e. The number of carbonyl (C=O) groups excluding carboxylic acids is 2. The zero-order valence-corrected chi connectivity index (χ0v) is 18.2. The average Bonchev–Trinajstić information content (AvgIpc) is 2.76. The van der Waals surface area contributed by atoms with Gasteiger partial charge in [-0.05, 0) is 55.5 Å². The fourth-order valence-electron chi connectivity index (χ4n) is 2.59. The Labute approximate surface area is 188 Å². The monoisotopic (exact) mass is 458 g/mol. The molecule has 3 aromatic rings. The summed E-state index contributed by atoms with van der Waals surface area (Å²) in [6.45, 7) is 1.64. The van der Waals surface area contributed by atoms with E-state index >= 15 is 0 Å². The minimum absolute atomic E-state index is 0.0576. The van der Waals surface area contributed by atoms with E-state index in [1.165, 1.54) is 30.0 Å². The van der Waals surface area contributed by atoms with Crippen LogP contribution in [-0.2, 0) is 9.59 Å². The van der Waals surface area contributed by atoms with Crippen molar-refractivity contribution in [3.8, 4) is 5.75 Å². The summed E-state index contributed by atoms with van der Waals surface area (Å²) in [4.78, 5) is 25.4. The van der Waals surface area contributed by atoms with Gasteiger partial charge in [-0.25, -0.2) is 4.39 Å². The summed E-state index contributed by atoms with van der Waals surface area (Å²) >= 11 is 7.08. The summed E-state index contributed by atoms with van der Waals surface area (Å²) < 4.78 is 18.7. The highest BCUT2D eigenvalue weighted by atomic mass is 35.5. The van der Waals surface area contributed by atoms with Crippen molar-refractivity contribution < 1.29 is 18.7 Å². The number of amides is 2. The average molecular weight is 459 g/mol. The first-order valence-electron chi connectivity index (χ1n) is 9.41. The number of ether oxygens (including phenoxy) is 1. The Morgan fingerprint density at radius 3 is 2.48 bits per heavy atom. The van der Waals surface area contributed by atoms with Crippen LogP contribution >= 0.6 is 23.4 Å². The van der Waals surface area contributed by atoms with Gasteiger partial charge in [0.05, 0.1) is 10.3 Å². The molecule has 0 aliphatic carbocycles. The number of para-hydroxylation sites is 1.